The van der Waals surface area contributed by atoms with Gasteiger partial charge in [-0.05, 0) is 46.0 Å². The number of nitrogen functional groups attached to an aromatic ring is 1. The largest absolute Gasteiger partial charge is 0.384 e. The number of nitrogens with two attached hydrogens (primary N) is 1. The van der Waals surface area contributed by atoms with Crippen molar-refractivity contribution in [1.82, 2.24) is 9.55 Å². The Morgan fingerprint density at radius 2 is 2.00 bits per heavy atom. The van der Waals surface area contributed by atoms with Gasteiger partial charge in [-0.15, -0.1) is 0 Å². The Morgan fingerprint density at radius 1 is 1.30 bits per heavy atom. The zero-order chi connectivity index (χ0) is 14.9. The first-order chi connectivity index (χ1) is 9.34. The van der Waals surface area contributed by atoms with Crippen molar-refractivity contribution >= 4 is 5.82 Å². The van der Waals surface area contributed by atoms with E-state index in [4.69, 9.17) is 10.7 Å². The summed E-state index contributed by atoms with van der Waals surface area (Å²) in [6.45, 7) is 11.2. The van der Waals surface area contributed by atoms with Crippen molar-refractivity contribution in [2.75, 3.05) is 5.73 Å². The predicted molar refractivity (Wildman–Crippen MR) is 86.0 cm³/mol. The highest BCUT2D eigenvalue weighted by atomic mass is 15.2. The number of aryl methyl sites for hydroxylation is 1. The summed E-state index contributed by atoms with van der Waals surface area (Å²) in [4.78, 5) is 4.96. The number of nitrogens with zero attached hydrogens (tertiary/aromatic N) is 2. The number of aromatic nitrogens is 2. The molecule has 2 atom stereocenters. The summed E-state index contributed by atoms with van der Waals surface area (Å²) in [5, 5.41) is 0. The second-order valence-electron chi connectivity index (χ2n) is 7.52. The SMILES string of the molecule is CCCc1nc(C2CCCC(C)C2)c(N)n1C(C)(C)C. The molecule has 0 saturated heterocycles. The Bertz CT molecular complexity index is 454. The van der Waals surface area contributed by atoms with Crippen LogP contribution in [0.4, 0.5) is 5.82 Å². The standard InChI is InChI=1S/C17H31N3/c1-6-8-14-19-15(13-10-7-9-12(2)11-13)16(18)20(14)17(3,4)5/h12-13H,6-11,18H2,1-5H3. The molecule has 1 aliphatic rings. The van der Waals surface area contributed by atoms with E-state index in [9.17, 15) is 0 Å². The highest BCUT2D eigenvalue weighted by Gasteiger charge is 2.29. The van der Waals surface area contributed by atoms with Crippen molar-refractivity contribution < 1.29 is 0 Å². The molecule has 1 aliphatic carbocycles. The molecule has 0 radical (unpaired) electrons. The molecule has 3 heteroatoms. The Hall–Kier alpha value is -0.990. The van der Waals surface area contributed by atoms with Gasteiger partial charge in [0.05, 0.1) is 5.69 Å². The lowest BCUT2D eigenvalue weighted by Crippen LogP contribution is -2.26. The predicted octanol–water partition coefficient (Wildman–Crippen LogP) is 4.47. The third-order valence-corrected chi connectivity index (χ3v) is 4.48. The molecule has 0 spiro atoms. The molecule has 2 rings (SSSR count). The monoisotopic (exact) mass is 277 g/mol. The number of hydrogen-bond acceptors (Lipinski definition) is 2. The summed E-state index contributed by atoms with van der Waals surface area (Å²) in [6, 6.07) is 0. The Balaban J connectivity index is 2.39. The molecule has 1 aromatic heterocycles. The van der Waals surface area contributed by atoms with Crippen LogP contribution in [0, 0.1) is 5.92 Å². The third-order valence-electron chi connectivity index (χ3n) is 4.48. The number of rotatable bonds is 3. The van der Waals surface area contributed by atoms with Crippen LogP contribution < -0.4 is 5.73 Å². The summed E-state index contributed by atoms with van der Waals surface area (Å²) < 4.78 is 2.27. The van der Waals surface area contributed by atoms with Crippen LogP contribution in [0.3, 0.4) is 0 Å². The fourth-order valence-electron chi connectivity index (χ4n) is 3.62. The number of imidazole rings is 1. The van der Waals surface area contributed by atoms with Crippen LogP contribution >= 0.6 is 0 Å². The second kappa shape index (κ2) is 5.79. The Kier molecular flexibility index (Phi) is 4.46. The normalized spacial score (nSPS) is 24.1. The van der Waals surface area contributed by atoms with Gasteiger partial charge in [0.15, 0.2) is 0 Å². The summed E-state index contributed by atoms with van der Waals surface area (Å²) >= 11 is 0. The maximum atomic E-state index is 6.50. The molecule has 0 amide bonds. The van der Waals surface area contributed by atoms with Crippen molar-refractivity contribution in [1.29, 1.82) is 0 Å². The minimum atomic E-state index is 0.0140. The van der Waals surface area contributed by atoms with E-state index in [1.807, 2.05) is 0 Å². The maximum absolute atomic E-state index is 6.50. The molecule has 1 fully saturated rings. The van der Waals surface area contributed by atoms with E-state index >= 15 is 0 Å². The average molecular weight is 277 g/mol. The topological polar surface area (TPSA) is 43.8 Å². The van der Waals surface area contributed by atoms with Crippen LogP contribution in [0.1, 0.15) is 84.2 Å². The highest BCUT2D eigenvalue weighted by Crippen LogP contribution is 2.39. The first kappa shape index (κ1) is 15.4. The minimum absolute atomic E-state index is 0.0140. The highest BCUT2D eigenvalue weighted by molar-refractivity contribution is 5.42. The fourth-order valence-corrected chi connectivity index (χ4v) is 3.62. The summed E-state index contributed by atoms with van der Waals surface area (Å²) in [6.07, 6.45) is 7.31. The molecule has 2 N–H and O–H groups in total. The van der Waals surface area contributed by atoms with Crippen molar-refractivity contribution in [2.24, 2.45) is 5.92 Å². The molecule has 1 heterocycles. The van der Waals surface area contributed by atoms with Crippen LogP contribution in [-0.4, -0.2) is 9.55 Å². The van der Waals surface area contributed by atoms with E-state index < -0.39 is 0 Å². The zero-order valence-corrected chi connectivity index (χ0v) is 13.9. The quantitative estimate of drug-likeness (QED) is 0.886. The van der Waals surface area contributed by atoms with E-state index in [0.717, 1.165) is 24.6 Å². The van der Waals surface area contributed by atoms with Crippen molar-refractivity contribution in [2.45, 2.75) is 84.6 Å². The van der Waals surface area contributed by atoms with E-state index in [-0.39, 0.29) is 5.54 Å². The molecule has 2 unspecified atom stereocenters. The smallest absolute Gasteiger partial charge is 0.127 e. The van der Waals surface area contributed by atoms with Gasteiger partial charge in [0, 0.05) is 17.9 Å². The van der Waals surface area contributed by atoms with Crippen molar-refractivity contribution in [3.63, 3.8) is 0 Å². The molecule has 20 heavy (non-hydrogen) atoms. The molecule has 0 aromatic carbocycles. The van der Waals surface area contributed by atoms with Gasteiger partial charge >= 0.3 is 0 Å². The zero-order valence-electron chi connectivity index (χ0n) is 13.9. The van der Waals surface area contributed by atoms with Crippen LogP contribution in [0.2, 0.25) is 0 Å². The number of anilines is 1. The maximum Gasteiger partial charge on any atom is 0.127 e. The molecule has 3 nitrogen and oxygen atoms in total. The van der Waals surface area contributed by atoms with Crippen LogP contribution in [0.5, 0.6) is 0 Å². The van der Waals surface area contributed by atoms with Crippen LogP contribution in [0.15, 0.2) is 0 Å². The third kappa shape index (κ3) is 3.02. The molecule has 1 saturated carbocycles. The molecular weight excluding hydrogens is 246 g/mol. The molecule has 114 valence electrons. The lowest BCUT2D eigenvalue weighted by molar-refractivity contribution is 0.340. The lowest BCUT2D eigenvalue weighted by atomic mass is 9.81. The Labute approximate surface area is 124 Å². The molecule has 0 bridgehead atoms. The van der Waals surface area contributed by atoms with Gasteiger partial charge in [-0.3, -0.25) is 0 Å². The average Bonchev–Trinajstić information content (AvgIpc) is 2.66. The summed E-state index contributed by atoms with van der Waals surface area (Å²) in [5.74, 6) is 3.46. The van der Waals surface area contributed by atoms with Gasteiger partial charge in [-0.2, -0.15) is 0 Å². The lowest BCUT2D eigenvalue weighted by Gasteiger charge is -2.27. The van der Waals surface area contributed by atoms with Gasteiger partial charge < -0.3 is 10.3 Å². The Morgan fingerprint density at radius 3 is 2.55 bits per heavy atom. The van der Waals surface area contributed by atoms with Gasteiger partial charge in [-0.1, -0.05) is 26.7 Å². The van der Waals surface area contributed by atoms with E-state index in [2.05, 4.69) is 39.2 Å². The number of hydrogen-bond donors (Lipinski definition) is 1. The molecule has 0 aliphatic heterocycles. The van der Waals surface area contributed by atoms with Crippen molar-refractivity contribution in [3.05, 3.63) is 11.5 Å². The van der Waals surface area contributed by atoms with Crippen LogP contribution in [-0.2, 0) is 12.0 Å². The second-order valence-corrected chi connectivity index (χ2v) is 7.52. The summed E-state index contributed by atoms with van der Waals surface area (Å²) in [5.41, 5.74) is 7.69. The van der Waals surface area contributed by atoms with E-state index in [1.54, 1.807) is 0 Å². The van der Waals surface area contributed by atoms with E-state index in [0.29, 0.717) is 5.92 Å². The van der Waals surface area contributed by atoms with Gasteiger partial charge in [0.2, 0.25) is 0 Å². The first-order valence-corrected chi connectivity index (χ1v) is 8.22. The molecule has 1 aromatic rings. The summed E-state index contributed by atoms with van der Waals surface area (Å²) in [7, 11) is 0. The van der Waals surface area contributed by atoms with Gasteiger partial charge in [0.1, 0.15) is 11.6 Å². The minimum Gasteiger partial charge on any atom is -0.384 e. The molecular formula is C17H31N3. The van der Waals surface area contributed by atoms with E-state index in [1.165, 1.54) is 37.2 Å². The van der Waals surface area contributed by atoms with Gasteiger partial charge in [-0.25, -0.2) is 4.98 Å². The van der Waals surface area contributed by atoms with Crippen molar-refractivity contribution in [3.8, 4) is 0 Å². The fraction of sp³-hybridized carbons (Fsp3) is 0.824. The first-order valence-electron chi connectivity index (χ1n) is 8.22. The van der Waals surface area contributed by atoms with Crippen LogP contribution in [0.25, 0.3) is 0 Å². The van der Waals surface area contributed by atoms with Gasteiger partial charge in [0.25, 0.3) is 0 Å².